The standard InChI is InChI=1S/C31H27ClF3NO4/c1-39-27-13-10-23(21-8-11-24(12-9-21)31(33,34)35)18-25(27)28(37)36-26(29(38)40-2)19-30(32)16-14-22(15-17-30)20-6-4-3-5-7-20/h3-18,22,26H,19H2,1-2H3,(H,36,37). The maximum absolute atomic E-state index is 13.4. The molecule has 0 aliphatic heterocycles. The molecule has 9 heteroatoms. The molecular weight excluding hydrogens is 543 g/mol. The normalized spacial score (nSPS) is 19.1. The fourth-order valence-electron chi connectivity index (χ4n) is 4.48. The number of alkyl halides is 4. The minimum atomic E-state index is -4.46. The van der Waals surface area contributed by atoms with Gasteiger partial charge in [-0.1, -0.05) is 72.8 Å². The number of nitrogens with one attached hydrogen (secondary N) is 1. The molecule has 1 unspecified atom stereocenters. The molecule has 4 rings (SSSR count). The number of halogens is 4. The van der Waals surface area contributed by atoms with E-state index in [1.165, 1.54) is 38.5 Å². The summed E-state index contributed by atoms with van der Waals surface area (Å²) in [7, 11) is 2.60. The van der Waals surface area contributed by atoms with Crippen LogP contribution in [0.15, 0.2) is 97.1 Å². The Bertz CT molecular complexity index is 1400. The summed E-state index contributed by atoms with van der Waals surface area (Å²) < 4.78 is 49.2. The van der Waals surface area contributed by atoms with E-state index in [4.69, 9.17) is 21.1 Å². The van der Waals surface area contributed by atoms with Crippen molar-refractivity contribution >= 4 is 23.5 Å². The third-order valence-electron chi connectivity index (χ3n) is 6.64. The molecule has 0 saturated carbocycles. The average molecular weight is 570 g/mol. The first-order valence-corrected chi connectivity index (χ1v) is 12.8. The van der Waals surface area contributed by atoms with E-state index in [0.29, 0.717) is 11.1 Å². The first kappa shape index (κ1) is 29.0. The summed E-state index contributed by atoms with van der Waals surface area (Å²) in [5, 5.41) is 2.69. The van der Waals surface area contributed by atoms with Crippen LogP contribution in [0.4, 0.5) is 13.2 Å². The number of carbonyl (C=O) groups excluding carboxylic acids is 2. The van der Waals surface area contributed by atoms with Gasteiger partial charge in [0.2, 0.25) is 0 Å². The van der Waals surface area contributed by atoms with Gasteiger partial charge < -0.3 is 14.8 Å². The van der Waals surface area contributed by atoms with E-state index < -0.39 is 34.5 Å². The van der Waals surface area contributed by atoms with Gasteiger partial charge in [0.25, 0.3) is 5.91 Å². The predicted molar refractivity (Wildman–Crippen MR) is 147 cm³/mol. The number of ether oxygens (including phenoxy) is 2. The van der Waals surface area contributed by atoms with Crippen LogP contribution in [0.25, 0.3) is 11.1 Å². The Kier molecular flexibility index (Phi) is 8.69. The van der Waals surface area contributed by atoms with Gasteiger partial charge in [-0.15, -0.1) is 11.6 Å². The topological polar surface area (TPSA) is 64.6 Å². The second kappa shape index (κ2) is 12.0. The molecule has 3 aromatic carbocycles. The molecule has 0 bridgehead atoms. The minimum absolute atomic E-state index is 0.0163. The third-order valence-corrected chi connectivity index (χ3v) is 7.05. The lowest BCUT2D eigenvalue weighted by molar-refractivity contribution is -0.143. The number of hydrogen-bond donors (Lipinski definition) is 1. The maximum Gasteiger partial charge on any atom is 0.416 e. The van der Waals surface area contributed by atoms with Crippen molar-refractivity contribution in [3.05, 3.63) is 114 Å². The molecule has 1 aliphatic rings. The van der Waals surface area contributed by atoms with Crippen LogP contribution < -0.4 is 10.1 Å². The first-order chi connectivity index (χ1) is 19.0. The number of benzene rings is 3. The van der Waals surface area contributed by atoms with E-state index in [2.05, 4.69) is 5.32 Å². The molecule has 0 fully saturated rings. The van der Waals surface area contributed by atoms with Gasteiger partial charge in [0.15, 0.2) is 0 Å². The summed E-state index contributed by atoms with van der Waals surface area (Å²) in [5.41, 5.74) is 1.37. The van der Waals surface area contributed by atoms with Crippen molar-refractivity contribution in [2.75, 3.05) is 14.2 Å². The fraction of sp³-hybridized carbons (Fsp3) is 0.226. The van der Waals surface area contributed by atoms with Crippen LogP contribution in [0.3, 0.4) is 0 Å². The lowest BCUT2D eigenvalue weighted by atomic mass is 9.87. The SMILES string of the molecule is COC(=O)C(CC1(Cl)C=CC(c2ccccc2)C=C1)NC(=O)c1cc(-c2ccc(C(F)(F)F)cc2)ccc1OC. The van der Waals surface area contributed by atoms with Gasteiger partial charge in [-0.3, -0.25) is 4.79 Å². The van der Waals surface area contributed by atoms with Crippen molar-refractivity contribution in [3.8, 4) is 16.9 Å². The molecule has 5 nitrogen and oxygen atoms in total. The summed E-state index contributed by atoms with van der Waals surface area (Å²) in [6.45, 7) is 0. The fourth-order valence-corrected chi connectivity index (χ4v) is 4.78. The van der Waals surface area contributed by atoms with Crippen molar-refractivity contribution in [2.45, 2.75) is 29.4 Å². The molecule has 1 atom stereocenters. The van der Waals surface area contributed by atoms with Crippen LogP contribution in [0, 0.1) is 0 Å². The van der Waals surface area contributed by atoms with E-state index in [-0.39, 0.29) is 23.7 Å². The second-order valence-electron chi connectivity index (χ2n) is 9.32. The molecule has 0 saturated heterocycles. The molecule has 1 N–H and O–H groups in total. The number of allylic oxidation sites excluding steroid dienone is 4. The Morgan fingerprint density at radius 3 is 2.15 bits per heavy atom. The summed E-state index contributed by atoms with van der Waals surface area (Å²) in [6.07, 6.45) is 3.02. The monoisotopic (exact) mass is 569 g/mol. The largest absolute Gasteiger partial charge is 0.496 e. The van der Waals surface area contributed by atoms with E-state index in [1.54, 1.807) is 18.2 Å². The molecular formula is C31H27ClF3NO4. The highest BCUT2D eigenvalue weighted by atomic mass is 35.5. The highest BCUT2D eigenvalue weighted by Crippen LogP contribution is 2.35. The van der Waals surface area contributed by atoms with Crippen molar-refractivity contribution in [3.63, 3.8) is 0 Å². The van der Waals surface area contributed by atoms with Crippen molar-refractivity contribution in [2.24, 2.45) is 0 Å². The van der Waals surface area contributed by atoms with Crippen molar-refractivity contribution < 1.29 is 32.2 Å². The van der Waals surface area contributed by atoms with Gasteiger partial charge in [-0.25, -0.2) is 4.79 Å². The molecule has 1 amide bonds. The smallest absolute Gasteiger partial charge is 0.416 e. The van der Waals surface area contributed by atoms with Crippen LogP contribution in [0.5, 0.6) is 5.75 Å². The molecule has 0 aromatic heterocycles. The van der Waals surface area contributed by atoms with E-state index >= 15 is 0 Å². The van der Waals surface area contributed by atoms with E-state index in [0.717, 1.165) is 17.7 Å². The van der Waals surface area contributed by atoms with Gasteiger partial charge >= 0.3 is 12.1 Å². The zero-order valence-electron chi connectivity index (χ0n) is 21.7. The lowest BCUT2D eigenvalue weighted by Gasteiger charge is -2.28. The molecule has 0 heterocycles. The van der Waals surface area contributed by atoms with Gasteiger partial charge in [0, 0.05) is 12.3 Å². The van der Waals surface area contributed by atoms with Gasteiger partial charge in [0.05, 0.1) is 30.2 Å². The van der Waals surface area contributed by atoms with Crippen LogP contribution in [-0.4, -0.2) is 37.0 Å². The zero-order chi connectivity index (χ0) is 28.9. The minimum Gasteiger partial charge on any atom is -0.496 e. The van der Waals surface area contributed by atoms with Crippen LogP contribution in [0.1, 0.15) is 33.8 Å². The molecule has 0 radical (unpaired) electrons. The molecule has 40 heavy (non-hydrogen) atoms. The summed E-state index contributed by atoms with van der Waals surface area (Å²) in [4.78, 5) is 25.0. The number of rotatable bonds is 8. The molecule has 208 valence electrons. The number of methoxy groups -OCH3 is 2. The Morgan fingerprint density at radius 2 is 1.57 bits per heavy atom. The predicted octanol–water partition coefficient (Wildman–Crippen LogP) is 6.93. The summed E-state index contributed by atoms with van der Waals surface area (Å²) >= 11 is 6.82. The summed E-state index contributed by atoms with van der Waals surface area (Å²) in [5.74, 6) is -1.07. The van der Waals surface area contributed by atoms with Gasteiger partial charge in [-0.2, -0.15) is 13.2 Å². The van der Waals surface area contributed by atoms with Crippen molar-refractivity contribution in [1.82, 2.24) is 5.32 Å². The van der Waals surface area contributed by atoms with Gasteiger partial charge in [-0.05, 0) is 41.0 Å². The number of carbonyl (C=O) groups is 2. The Labute approximate surface area is 235 Å². The number of esters is 1. The van der Waals surface area contributed by atoms with Crippen LogP contribution in [0.2, 0.25) is 0 Å². The number of hydrogen-bond acceptors (Lipinski definition) is 4. The van der Waals surface area contributed by atoms with E-state index in [9.17, 15) is 22.8 Å². The number of amides is 1. The van der Waals surface area contributed by atoms with Gasteiger partial charge in [0.1, 0.15) is 11.8 Å². The molecule has 1 aliphatic carbocycles. The lowest BCUT2D eigenvalue weighted by Crippen LogP contribution is -2.45. The molecule has 3 aromatic rings. The Balaban J connectivity index is 1.55. The summed E-state index contributed by atoms with van der Waals surface area (Å²) in [6, 6.07) is 18.0. The van der Waals surface area contributed by atoms with Crippen molar-refractivity contribution in [1.29, 1.82) is 0 Å². The first-order valence-electron chi connectivity index (χ1n) is 12.4. The zero-order valence-corrected chi connectivity index (χ0v) is 22.5. The molecule has 0 spiro atoms. The quantitative estimate of drug-likeness (QED) is 0.181. The highest BCUT2D eigenvalue weighted by molar-refractivity contribution is 6.27. The Hall–Kier alpha value is -4.04. The second-order valence-corrected chi connectivity index (χ2v) is 10.0. The maximum atomic E-state index is 13.4. The average Bonchev–Trinajstić information content (AvgIpc) is 2.96. The highest BCUT2D eigenvalue weighted by Gasteiger charge is 2.34. The van der Waals surface area contributed by atoms with E-state index in [1.807, 2.05) is 42.5 Å². The van der Waals surface area contributed by atoms with Crippen LogP contribution in [-0.2, 0) is 15.7 Å². The van der Waals surface area contributed by atoms with Crippen LogP contribution >= 0.6 is 11.6 Å². The Morgan fingerprint density at radius 1 is 0.950 bits per heavy atom. The third kappa shape index (κ3) is 6.74.